The number of hydrogen-bond acceptors (Lipinski definition) is 4. The van der Waals surface area contributed by atoms with Crippen LogP contribution < -0.4 is 0 Å². The molecule has 78 valence electrons. The first-order chi connectivity index (χ1) is 7.35. The van der Waals surface area contributed by atoms with Gasteiger partial charge < -0.3 is 5.11 Å². The first-order valence-electron chi connectivity index (χ1n) is 4.49. The van der Waals surface area contributed by atoms with E-state index in [-0.39, 0.29) is 6.61 Å². The Morgan fingerprint density at radius 3 is 2.67 bits per heavy atom. The van der Waals surface area contributed by atoms with Crippen LogP contribution in [0.3, 0.4) is 0 Å². The Morgan fingerprint density at radius 1 is 1.33 bits per heavy atom. The normalized spacial score (nSPS) is 10.5. The molecule has 0 saturated carbocycles. The third-order valence-corrected chi connectivity index (χ3v) is 2.85. The monoisotopic (exact) mass is 221 g/mol. The van der Waals surface area contributed by atoms with Crippen molar-refractivity contribution < 1.29 is 5.11 Å². The lowest BCUT2D eigenvalue weighted by molar-refractivity contribution is 0.269. The Labute approximate surface area is 92.0 Å². The number of benzene rings is 1. The molecule has 1 heterocycles. The van der Waals surface area contributed by atoms with Crippen LogP contribution in [-0.4, -0.2) is 26.1 Å². The standard InChI is InChI=1S/C10H11N3OS/c1-15-9-4-2-8(3-5-9)13-7-11-12-10(13)6-14/h2-5,7,14H,6H2,1H3. The Kier molecular flexibility index (Phi) is 3.03. The smallest absolute Gasteiger partial charge is 0.163 e. The van der Waals surface area contributed by atoms with Crippen molar-refractivity contribution in [1.82, 2.24) is 14.8 Å². The fourth-order valence-corrected chi connectivity index (χ4v) is 1.73. The SMILES string of the molecule is CSc1ccc(-n2cnnc2CO)cc1. The van der Waals surface area contributed by atoms with Gasteiger partial charge in [0, 0.05) is 10.6 Å². The average molecular weight is 221 g/mol. The minimum absolute atomic E-state index is 0.107. The van der Waals surface area contributed by atoms with E-state index < -0.39 is 0 Å². The van der Waals surface area contributed by atoms with E-state index in [0.717, 1.165) is 5.69 Å². The van der Waals surface area contributed by atoms with Gasteiger partial charge in [-0.25, -0.2) is 0 Å². The van der Waals surface area contributed by atoms with Gasteiger partial charge in [0.05, 0.1) is 0 Å². The van der Waals surface area contributed by atoms with Crippen LogP contribution in [0.1, 0.15) is 5.82 Å². The van der Waals surface area contributed by atoms with E-state index in [0.29, 0.717) is 5.82 Å². The van der Waals surface area contributed by atoms with Crippen LogP contribution in [0.25, 0.3) is 5.69 Å². The molecule has 2 rings (SSSR count). The lowest BCUT2D eigenvalue weighted by atomic mass is 10.3. The van der Waals surface area contributed by atoms with Crippen LogP contribution in [0.4, 0.5) is 0 Å². The summed E-state index contributed by atoms with van der Waals surface area (Å²) in [6.07, 6.45) is 3.63. The number of aliphatic hydroxyl groups excluding tert-OH is 1. The van der Waals surface area contributed by atoms with Crippen LogP contribution in [-0.2, 0) is 6.61 Å². The first kappa shape index (κ1) is 10.2. The number of rotatable bonds is 3. The Hall–Kier alpha value is -1.33. The summed E-state index contributed by atoms with van der Waals surface area (Å²) in [6, 6.07) is 8.02. The van der Waals surface area contributed by atoms with Gasteiger partial charge in [0.1, 0.15) is 12.9 Å². The molecule has 5 heteroatoms. The molecule has 0 radical (unpaired) electrons. The lowest BCUT2D eigenvalue weighted by Gasteiger charge is -2.05. The lowest BCUT2D eigenvalue weighted by Crippen LogP contribution is -1.99. The second-order valence-corrected chi connectivity index (χ2v) is 3.85. The fourth-order valence-electron chi connectivity index (χ4n) is 1.33. The van der Waals surface area contributed by atoms with E-state index in [1.165, 1.54) is 4.90 Å². The largest absolute Gasteiger partial charge is 0.388 e. The molecule has 0 aliphatic heterocycles. The highest BCUT2D eigenvalue weighted by Gasteiger charge is 2.04. The molecular weight excluding hydrogens is 210 g/mol. The highest BCUT2D eigenvalue weighted by Crippen LogP contribution is 2.17. The molecule has 15 heavy (non-hydrogen) atoms. The van der Waals surface area contributed by atoms with Gasteiger partial charge in [-0.05, 0) is 30.5 Å². The van der Waals surface area contributed by atoms with E-state index in [2.05, 4.69) is 10.2 Å². The van der Waals surface area contributed by atoms with Crippen molar-refractivity contribution in [2.75, 3.05) is 6.26 Å². The van der Waals surface area contributed by atoms with Gasteiger partial charge in [-0.3, -0.25) is 4.57 Å². The van der Waals surface area contributed by atoms with E-state index >= 15 is 0 Å². The molecule has 0 fully saturated rings. The zero-order valence-electron chi connectivity index (χ0n) is 8.29. The molecule has 0 spiro atoms. The molecule has 0 amide bonds. The summed E-state index contributed by atoms with van der Waals surface area (Å²) in [7, 11) is 0. The summed E-state index contributed by atoms with van der Waals surface area (Å²) in [5.41, 5.74) is 0.960. The Morgan fingerprint density at radius 2 is 2.07 bits per heavy atom. The van der Waals surface area contributed by atoms with Gasteiger partial charge in [-0.15, -0.1) is 22.0 Å². The molecule has 0 unspecified atom stereocenters. The van der Waals surface area contributed by atoms with E-state index in [9.17, 15) is 0 Å². The molecule has 0 atom stereocenters. The summed E-state index contributed by atoms with van der Waals surface area (Å²) in [5, 5.41) is 16.6. The molecule has 0 aliphatic rings. The number of nitrogens with zero attached hydrogens (tertiary/aromatic N) is 3. The van der Waals surface area contributed by atoms with Crippen molar-refractivity contribution in [3.05, 3.63) is 36.4 Å². The van der Waals surface area contributed by atoms with Crippen LogP contribution in [0, 0.1) is 0 Å². The molecule has 4 nitrogen and oxygen atoms in total. The van der Waals surface area contributed by atoms with Gasteiger partial charge in [0.2, 0.25) is 0 Å². The molecule has 1 aromatic heterocycles. The third kappa shape index (κ3) is 2.03. The molecule has 1 aromatic carbocycles. The second kappa shape index (κ2) is 4.46. The molecule has 0 bridgehead atoms. The first-order valence-corrected chi connectivity index (χ1v) is 5.72. The van der Waals surface area contributed by atoms with Gasteiger partial charge in [0.15, 0.2) is 5.82 Å². The maximum atomic E-state index is 9.04. The highest BCUT2D eigenvalue weighted by atomic mass is 32.2. The van der Waals surface area contributed by atoms with Crippen molar-refractivity contribution in [1.29, 1.82) is 0 Å². The quantitative estimate of drug-likeness (QED) is 0.798. The minimum atomic E-state index is -0.107. The number of aromatic nitrogens is 3. The van der Waals surface area contributed by atoms with Crippen LogP contribution >= 0.6 is 11.8 Å². The van der Waals surface area contributed by atoms with Crippen LogP contribution in [0.2, 0.25) is 0 Å². The van der Waals surface area contributed by atoms with E-state index in [1.54, 1.807) is 22.7 Å². The minimum Gasteiger partial charge on any atom is -0.388 e. The van der Waals surface area contributed by atoms with Crippen molar-refractivity contribution >= 4 is 11.8 Å². The topological polar surface area (TPSA) is 50.9 Å². The van der Waals surface area contributed by atoms with Gasteiger partial charge in [-0.1, -0.05) is 0 Å². The number of hydrogen-bond donors (Lipinski definition) is 1. The molecule has 2 aromatic rings. The van der Waals surface area contributed by atoms with Crippen molar-refractivity contribution in [2.24, 2.45) is 0 Å². The zero-order chi connectivity index (χ0) is 10.7. The maximum absolute atomic E-state index is 9.04. The Balaban J connectivity index is 2.37. The van der Waals surface area contributed by atoms with Crippen molar-refractivity contribution in [3.8, 4) is 5.69 Å². The second-order valence-electron chi connectivity index (χ2n) is 2.97. The van der Waals surface area contributed by atoms with Crippen molar-refractivity contribution in [3.63, 3.8) is 0 Å². The maximum Gasteiger partial charge on any atom is 0.163 e. The van der Waals surface area contributed by atoms with Crippen molar-refractivity contribution in [2.45, 2.75) is 11.5 Å². The van der Waals surface area contributed by atoms with E-state index in [4.69, 9.17) is 5.11 Å². The van der Waals surface area contributed by atoms with Crippen LogP contribution in [0.15, 0.2) is 35.5 Å². The average Bonchev–Trinajstić information content (AvgIpc) is 2.77. The summed E-state index contributed by atoms with van der Waals surface area (Å²) in [6.45, 7) is -0.107. The van der Waals surface area contributed by atoms with Gasteiger partial charge >= 0.3 is 0 Å². The van der Waals surface area contributed by atoms with Gasteiger partial charge in [0.25, 0.3) is 0 Å². The van der Waals surface area contributed by atoms with E-state index in [1.807, 2.05) is 30.5 Å². The predicted octanol–water partition coefficient (Wildman–Crippen LogP) is 1.48. The predicted molar refractivity (Wildman–Crippen MR) is 59.1 cm³/mol. The van der Waals surface area contributed by atoms with Crippen LogP contribution in [0.5, 0.6) is 0 Å². The fraction of sp³-hybridized carbons (Fsp3) is 0.200. The molecule has 1 N–H and O–H groups in total. The zero-order valence-corrected chi connectivity index (χ0v) is 9.11. The third-order valence-electron chi connectivity index (χ3n) is 2.11. The number of thioether (sulfide) groups is 1. The number of aliphatic hydroxyl groups is 1. The molecular formula is C10H11N3OS. The Bertz CT molecular complexity index is 438. The molecule has 0 aliphatic carbocycles. The summed E-state index contributed by atoms with van der Waals surface area (Å²) in [5.74, 6) is 0.548. The summed E-state index contributed by atoms with van der Waals surface area (Å²) >= 11 is 1.69. The molecule has 0 saturated heterocycles. The summed E-state index contributed by atoms with van der Waals surface area (Å²) < 4.78 is 1.77. The summed E-state index contributed by atoms with van der Waals surface area (Å²) in [4.78, 5) is 1.21. The highest BCUT2D eigenvalue weighted by molar-refractivity contribution is 7.98. The van der Waals surface area contributed by atoms with Gasteiger partial charge in [-0.2, -0.15) is 0 Å².